The van der Waals surface area contributed by atoms with E-state index in [4.69, 9.17) is 0 Å². The SMILES string of the molecule is CS(=O)(=O)c1ccc(F)c(NCC2CC=CCC2)c1. The molecule has 0 saturated heterocycles. The molecule has 1 aromatic rings. The molecule has 0 aliphatic heterocycles. The van der Waals surface area contributed by atoms with Gasteiger partial charge in [-0.05, 0) is 43.4 Å². The first kappa shape index (κ1) is 14.1. The molecule has 1 aliphatic rings. The van der Waals surface area contributed by atoms with Crippen molar-refractivity contribution >= 4 is 15.5 Å². The normalized spacial score (nSPS) is 19.4. The molecule has 1 atom stereocenters. The van der Waals surface area contributed by atoms with E-state index in [-0.39, 0.29) is 10.6 Å². The van der Waals surface area contributed by atoms with Crippen molar-refractivity contribution in [3.8, 4) is 0 Å². The predicted octanol–water partition coefficient (Wildman–Crippen LogP) is 3.00. The van der Waals surface area contributed by atoms with Gasteiger partial charge in [0, 0.05) is 12.8 Å². The van der Waals surface area contributed by atoms with Gasteiger partial charge in [0.05, 0.1) is 10.6 Å². The Bertz CT molecular complexity index is 581. The molecule has 3 nitrogen and oxygen atoms in total. The largest absolute Gasteiger partial charge is 0.382 e. The van der Waals surface area contributed by atoms with Gasteiger partial charge in [-0.3, -0.25) is 0 Å². The maximum Gasteiger partial charge on any atom is 0.175 e. The topological polar surface area (TPSA) is 46.2 Å². The third-order valence-corrected chi connectivity index (χ3v) is 4.44. The molecule has 1 aromatic carbocycles. The van der Waals surface area contributed by atoms with Gasteiger partial charge in [0.2, 0.25) is 0 Å². The smallest absolute Gasteiger partial charge is 0.175 e. The van der Waals surface area contributed by atoms with Crippen molar-refractivity contribution in [3.63, 3.8) is 0 Å². The van der Waals surface area contributed by atoms with Gasteiger partial charge in [-0.2, -0.15) is 0 Å². The molecule has 19 heavy (non-hydrogen) atoms. The Morgan fingerprint density at radius 1 is 1.37 bits per heavy atom. The first-order chi connectivity index (χ1) is 8.97. The highest BCUT2D eigenvalue weighted by molar-refractivity contribution is 7.90. The van der Waals surface area contributed by atoms with Crippen molar-refractivity contribution in [2.24, 2.45) is 5.92 Å². The summed E-state index contributed by atoms with van der Waals surface area (Å²) < 4.78 is 36.5. The molecule has 0 radical (unpaired) electrons. The average molecular weight is 283 g/mol. The van der Waals surface area contributed by atoms with E-state index in [0.29, 0.717) is 12.5 Å². The Kier molecular flexibility index (Phi) is 4.24. The van der Waals surface area contributed by atoms with Gasteiger partial charge in [-0.1, -0.05) is 12.2 Å². The molecule has 1 unspecified atom stereocenters. The number of nitrogens with one attached hydrogen (secondary N) is 1. The van der Waals surface area contributed by atoms with Crippen LogP contribution in [0.2, 0.25) is 0 Å². The Labute approximate surface area is 113 Å². The number of allylic oxidation sites excluding steroid dienone is 2. The summed E-state index contributed by atoms with van der Waals surface area (Å²) in [5.41, 5.74) is 0.262. The number of hydrogen-bond acceptors (Lipinski definition) is 3. The molecule has 1 aliphatic carbocycles. The molecule has 0 aromatic heterocycles. The van der Waals surface area contributed by atoms with E-state index in [0.717, 1.165) is 25.5 Å². The van der Waals surface area contributed by atoms with Gasteiger partial charge in [0.15, 0.2) is 9.84 Å². The Morgan fingerprint density at radius 2 is 2.16 bits per heavy atom. The Hall–Kier alpha value is -1.36. The van der Waals surface area contributed by atoms with Gasteiger partial charge < -0.3 is 5.32 Å². The summed E-state index contributed by atoms with van der Waals surface area (Å²) in [6.45, 7) is 0.661. The van der Waals surface area contributed by atoms with Crippen LogP contribution in [0.25, 0.3) is 0 Å². The molecule has 104 valence electrons. The molecule has 0 saturated carbocycles. The van der Waals surface area contributed by atoms with E-state index >= 15 is 0 Å². The predicted molar refractivity (Wildman–Crippen MR) is 74.5 cm³/mol. The number of anilines is 1. The van der Waals surface area contributed by atoms with Crippen LogP contribution in [0.3, 0.4) is 0 Å². The van der Waals surface area contributed by atoms with Gasteiger partial charge in [0.1, 0.15) is 5.82 Å². The fraction of sp³-hybridized carbons (Fsp3) is 0.429. The minimum atomic E-state index is -3.30. The minimum Gasteiger partial charge on any atom is -0.382 e. The number of rotatable bonds is 4. The summed E-state index contributed by atoms with van der Waals surface area (Å²) in [7, 11) is -3.30. The van der Waals surface area contributed by atoms with Crippen molar-refractivity contribution in [1.82, 2.24) is 0 Å². The van der Waals surface area contributed by atoms with Crippen molar-refractivity contribution in [3.05, 3.63) is 36.2 Å². The van der Waals surface area contributed by atoms with Crippen molar-refractivity contribution in [2.45, 2.75) is 24.2 Å². The van der Waals surface area contributed by atoms with Crippen molar-refractivity contribution in [1.29, 1.82) is 0 Å². The zero-order valence-corrected chi connectivity index (χ0v) is 11.7. The van der Waals surface area contributed by atoms with E-state index in [1.165, 1.54) is 18.2 Å². The second kappa shape index (κ2) is 5.74. The van der Waals surface area contributed by atoms with Crippen LogP contribution < -0.4 is 5.32 Å². The standard InChI is InChI=1S/C14H18FNO2S/c1-19(17,18)12-7-8-13(15)14(9-12)16-10-11-5-3-2-4-6-11/h2-3,7-9,11,16H,4-6,10H2,1H3. The Balaban J connectivity index is 2.09. The van der Waals surface area contributed by atoms with Crippen LogP contribution in [-0.4, -0.2) is 21.2 Å². The second-order valence-corrected chi connectivity index (χ2v) is 6.96. The van der Waals surface area contributed by atoms with Gasteiger partial charge in [-0.15, -0.1) is 0 Å². The van der Waals surface area contributed by atoms with Crippen LogP contribution in [0.1, 0.15) is 19.3 Å². The van der Waals surface area contributed by atoms with Crippen molar-refractivity contribution < 1.29 is 12.8 Å². The van der Waals surface area contributed by atoms with Crippen LogP contribution in [0.4, 0.5) is 10.1 Å². The molecule has 2 rings (SSSR count). The molecule has 0 amide bonds. The summed E-state index contributed by atoms with van der Waals surface area (Å²) in [6, 6.07) is 3.85. The molecular formula is C14H18FNO2S. The molecule has 0 fully saturated rings. The molecule has 0 heterocycles. The molecular weight excluding hydrogens is 265 g/mol. The highest BCUT2D eigenvalue weighted by Crippen LogP contribution is 2.22. The zero-order chi connectivity index (χ0) is 13.9. The fourth-order valence-electron chi connectivity index (χ4n) is 2.17. The number of hydrogen-bond donors (Lipinski definition) is 1. The highest BCUT2D eigenvalue weighted by atomic mass is 32.2. The maximum atomic E-state index is 13.6. The quantitative estimate of drug-likeness (QED) is 0.682. The molecule has 0 spiro atoms. The lowest BCUT2D eigenvalue weighted by Crippen LogP contribution is -2.16. The van der Waals surface area contributed by atoms with E-state index in [1.807, 2.05) is 0 Å². The highest BCUT2D eigenvalue weighted by Gasteiger charge is 2.13. The lowest BCUT2D eigenvalue weighted by atomic mass is 9.94. The maximum absolute atomic E-state index is 13.6. The van der Waals surface area contributed by atoms with E-state index < -0.39 is 15.7 Å². The van der Waals surface area contributed by atoms with Crippen LogP contribution in [-0.2, 0) is 9.84 Å². The summed E-state index contributed by atoms with van der Waals surface area (Å²) in [5.74, 6) is 0.0602. The van der Waals surface area contributed by atoms with Crippen molar-refractivity contribution in [2.75, 3.05) is 18.1 Å². The summed E-state index contributed by atoms with van der Waals surface area (Å²) in [6.07, 6.45) is 8.53. The van der Waals surface area contributed by atoms with Crippen LogP contribution in [0.15, 0.2) is 35.2 Å². The van der Waals surface area contributed by atoms with Gasteiger partial charge in [-0.25, -0.2) is 12.8 Å². The van der Waals surface area contributed by atoms with Crippen LogP contribution in [0, 0.1) is 11.7 Å². The lowest BCUT2D eigenvalue weighted by Gasteiger charge is -2.19. The second-order valence-electron chi connectivity index (χ2n) is 4.95. The van der Waals surface area contributed by atoms with E-state index in [1.54, 1.807) is 0 Å². The van der Waals surface area contributed by atoms with Crippen LogP contribution in [0.5, 0.6) is 0 Å². The first-order valence-electron chi connectivity index (χ1n) is 6.35. The number of benzene rings is 1. The lowest BCUT2D eigenvalue weighted by molar-refractivity contribution is 0.502. The number of halogens is 1. The summed E-state index contributed by atoms with van der Waals surface area (Å²) in [4.78, 5) is 0.139. The molecule has 5 heteroatoms. The summed E-state index contributed by atoms with van der Waals surface area (Å²) in [5, 5.41) is 3.02. The minimum absolute atomic E-state index is 0.139. The summed E-state index contributed by atoms with van der Waals surface area (Å²) >= 11 is 0. The Morgan fingerprint density at radius 3 is 2.79 bits per heavy atom. The van der Waals surface area contributed by atoms with Gasteiger partial charge >= 0.3 is 0 Å². The zero-order valence-electron chi connectivity index (χ0n) is 10.9. The average Bonchev–Trinajstić information content (AvgIpc) is 2.37. The van der Waals surface area contributed by atoms with E-state index in [2.05, 4.69) is 17.5 Å². The molecule has 1 N–H and O–H groups in total. The van der Waals surface area contributed by atoms with Gasteiger partial charge in [0.25, 0.3) is 0 Å². The van der Waals surface area contributed by atoms with Crippen LogP contribution >= 0.6 is 0 Å². The third-order valence-electron chi connectivity index (χ3n) is 3.32. The monoisotopic (exact) mass is 283 g/mol. The first-order valence-corrected chi connectivity index (χ1v) is 8.24. The fourth-order valence-corrected chi connectivity index (χ4v) is 2.81. The molecule has 0 bridgehead atoms. The van der Waals surface area contributed by atoms with E-state index in [9.17, 15) is 12.8 Å². The third kappa shape index (κ3) is 3.80. The number of sulfone groups is 1.